The van der Waals surface area contributed by atoms with Crippen molar-refractivity contribution in [3.05, 3.63) is 65.7 Å². The van der Waals surface area contributed by atoms with Crippen LogP contribution in [0.5, 0.6) is 0 Å². The Bertz CT molecular complexity index is 758. The molecular weight excluding hydrogens is 344 g/mol. The van der Waals surface area contributed by atoms with E-state index in [-0.39, 0.29) is 17.9 Å². The number of nitrogens with one attached hydrogen (secondary N) is 1. The van der Waals surface area contributed by atoms with Gasteiger partial charge in [0, 0.05) is 18.0 Å². The Morgan fingerprint density at radius 1 is 1.04 bits per heavy atom. The number of thioether (sulfide) groups is 1. The molecule has 4 nitrogen and oxygen atoms in total. The third-order valence-electron chi connectivity index (χ3n) is 4.59. The lowest BCUT2D eigenvalue weighted by molar-refractivity contribution is -0.127. The second-order valence-electron chi connectivity index (χ2n) is 6.48. The molecule has 0 aliphatic carbocycles. The standard InChI is InChI=1S/C21H24N2O2S/c1-16(17-9-3-2-4-10-17)22-21(25)18-11-5-6-12-19(18)26-15-20(24)23-13-7-8-14-23/h2-6,9-12,16H,7-8,13-15H2,1H3,(H,22,25)/t16-/m0/s1. The molecule has 136 valence electrons. The van der Waals surface area contributed by atoms with Gasteiger partial charge in [-0.3, -0.25) is 9.59 Å². The first kappa shape index (κ1) is 18.5. The Morgan fingerprint density at radius 3 is 2.42 bits per heavy atom. The van der Waals surface area contributed by atoms with Gasteiger partial charge in [0.15, 0.2) is 0 Å². The number of hydrogen-bond acceptors (Lipinski definition) is 3. The number of nitrogens with zero attached hydrogens (tertiary/aromatic N) is 1. The molecule has 0 spiro atoms. The number of benzene rings is 2. The van der Waals surface area contributed by atoms with Gasteiger partial charge in [-0.05, 0) is 37.5 Å². The van der Waals surface area contributed by atoms with Crippen LogP contribution < -0.4 is 5.32 Å². The zero-order valence-electron chi connectivity index (χ0n) is 15.0. The Hall–Kier alpha value is -2.27. The molecule has 2 aromatic carbocycles. The summed E-state index contributed by atoms with van der Waals surface area (Å²) in [6.07, 6.45) is 2.18. The number of carbonyl (C=O) groups is 2. The van der Waals surface area contributed by atoms with Crippen molar-refractivity contribution < 1.29 is 9.59 Å². The predicted octanol–water partition coefficient (Wildman–Crippen LogP) is 3.89. The van der Waals surface area contributed by atoms with Crippen LogP contribution in [-0.4, -0.2) is 35.6 Å². The van der Waals surface area contributed by atoms with Crippen molar-refractivity contribution in [2.24, 2.45) is 0 Å². The van der Waals surface area contributed by atoms with Crippen LogP contribution in [0.15, 0.2) is 59.5 Å². The Labute approximate surface area is 159 Å². The largest absolute Gasteiger partial charge is 0.345 e. The monoisotopic (exact) mass is 368 g/mol. The number of likely N-dealkylation sites (tertiary alicyclic amines) is 1. The molecule has 1 atom stereocenters. The minimum absolute atomic E-state index is 0.0759. The van der Waals surface area contributed by atoms with E-state index in [1.54, 1.807) is 0 Å². The smallest absolute Gasteiger partial charge is 0.252 e. The fraction of sp³-hybridized carbons (Fsp3) is 0.333. The van der Waals surface area contributed by atoms with Gasteiger partial charge < -0.3 is 10.2 Å². The average molecular weight is 369 g/mol. The molecule has 0 bridgehead atoms. The fourth-order valence-corrected chi connectivity index (χ4v) is 4.03. The van der Waals surface area contributed by atoms with Crippen molar-refractivity contribution in [1.82, 2.24) is 10.2 Å². The van der Waals surface area contributed by atoms with Gasteiger partial charge in [-0.2, -0.15) is 0 Å². The van der Waals surface area contributed by atoms with Crippen LogP contribution >= 0.6 is 11.8 Å². The van der Waals surface area contributed by atoms with E-state index < -0.39 is 0 Å². The zero-order valence-corrected chi connectivity index (χ0v) is 15.8. The molecule has 1 N–H and O–H groups in total. The number of amides is 2. The van der Waals surface area contributed by atoms with Crippen LogP contribution in [0.1, 0.15) is 41.7 Å². The summed E-state index contributed by atoms with van der Waals surface area (Å²) >= 11 is 1.44. The molecular formula is C21H24N2O2S. The van der Waals surface area contributed by atoms with Crippen molar-refractivity contribution in [2.75, 3.05) is 18.8 Å². The van der Waals surface area contributed by atoms with Crippen molar-refractivity contribution >= 4 is 23.6 Å². The molecule has 2 aromatic rings. The summed E-state index contributed by atoms with van der Waals surface area (Å²) in [4.78, 5) is 27.8. The molecule has 3 rings (SSSR count). The highest BCUT2D eigenvalue weighted by molar-refractivity contribution is 8.00. The Morgan fingerprint density at radius 2 is 1.69 bits per heavy atom. The maximum absolute atomic E-state index is 12.7. The molecule has 1 saturated heterocycles. The van der Waals surface area contributed by atoms with E-state index in [1.165, 1.54) is 11.8 Å². The van der Waals surface area contributed by atoms with Crippen LogP contribution in [-0.2, 0) is 4.79 Å². The second kappa shape index (κ2) is 8.90. The van der Waals surface area contributed by atoms with Gasteiger partial charge in [0.05, 0.1) is 17.4 Å². The second-order valence-corrected chi connectivity index (χ2v) is 7.50. The lowest BCUT2D eigenvalue weighted by atomic mass is 10.1. The summed E-state index contributed by atoms with van der Waals surface area (Å²) in [7, 11) is 0. The molecule has 0 unspecified atom stereocenters. The van der Waals surface area contributed by atoms with Gasteiger partial charge in [-0.15, -0.1) is 11.8 Å². The Balaban J connectivity index is 1.64. The molecule has 1 fully saturated rings. The van der Waals surface area contributed by atoms with E-state index in [9.17, 15) is 9.59 Å². The van der Waals surface area contributed by atoms with Gasteiger partial charge in [-0.25, -0.2) is 0 Å². The SMILES string of the molecule is C[C@H](NC(=O)c1ccccc1SCC(=O)N1CCCC1)c1ccccc1. The maximum Gasteiger partial charge on any atom is 0.252 e. The minimum atomic E-state index is -0.113. The lowest BCUT2D eigenvalue weighted by Gasteiger charge is -2.17. The summed E-state index contributed by atoms with van der Waals surface area (Å²) in [5.74, 6) is 0.414. The van der Waals surface area contributed by atoms with Crippen molar-refractivity contribution in [3.8, 4) is 0 Å². The van der Waals surface area contributed by atoms with Crippen LogP contribution in [0.4, 0.5) is 0 Å². The molecule has 26 heavy (non-hydrogen) atoms. The molecule has 0 radical (unpaired) electrons. The van der Waals surface area contributed by atoms with E-state index in [0.717, 1.165) is 36.4 Å². The van der Waals surface area contributed by atoms with Crippen molar-refractivity contribution in [3.63, 3.8) is 0 Å². The first-order valence-corrected chi connectivity index (χ1v) is 9.99. The molecule has 1 heterocycles. The molecule has 0 aromatic heterocycles. The number of rotatable bonds is 6. The van der Waals surface area contributed by atoms with Gasteiger partial charge in [0.25, 0.3) is 5.91 Å². The third kappa shape index (κ3) is 4.67. The molecule has 5 heteroatoms. The van der Waals surface area contributed by atoms with Crippen LogP contribution in [0.3, 0.4) is 0 Å². The van der Waals surface area contributed by atoms with Crippen molar-refractivity contribution in [2.45, 2.75) is 30.7 Å². The van der Waals surface area contributed by atoms with Crippen molar-refractivity contribution in [1.29, 1.82) is 0 Å². The highest BCUT2D eigenvalue weighted by Gasteiger charge is 2.19. The van der Waals surface area contributed by atoms with Gasteiger partial charge in [-0.1, -0.05) is 42.5 Å². The van der Waals surface area contributed by atoms with Crippen LogP contribution in [0.2, 0.25) is 0 Å². The first-order valence-electron chi connectivity index (χ1n) is 9.00. The van der Waals surface area contributed by atoms with Gasteiger partial charge in [0.1, 0.15) is 0 Å². The normalized spacial score (nSPS) is 14.9. The van der Waals surface area contributed by atoms with E-state index in [4.69, 9.17) is 0 Å². The molecule has 1 aliphatic rings. The lowest BCUT2D eigenvalue weighted by Crippen LogP contribution is -2.29. The minimum Gasteiger partial charge on any atom is -0.345 e. The fourth-order valence-electron chi connectivity index (χ4n) is 3.08. The van der Waals surface area contributed by atoms with Crippen LogP contribution in [0.25, 0.3) is 0 Å². The summed E-state index contributed by atoms with van der Waals surface area (Å²) in [6.45, 7) is 3.69. The average Bonchev–Trinajstić information content (AvgIpc) is 3.22. The highest BCUT2D eigenvalue weighted by Crippen LogP contribution is 2.24. The van der Waals surface area contributed by atoms with Crippen LogP contribution in [0, 0.1) is 0 Å². The zero-order chi connectivity index (χ0) is 18.4. The highest BCUT2D eigenvalue weighted by atomic mass is 32.2. The van der Waals surface area contributed by atoms with Gasteiger partial charge in [0.2, 0.25) is 5.91 Å². The van der Waals surface area contributed by atoms with E-state index in [2.05, 4.69) is 5.32 Å². The summed E-state index contributed by atoms with van der Waals surface area (Å²) in [5, 5.41) is 3.05. The molecule has 0 saturated carbocycles. The van der Waals surface area contributed by atoms with E-state index >= 15 is 0 Å². The number of hydrogen-bond donors (Lipinski definition) is 1. The van der Waals surface area contributed by atoms with E-state index in [1.807, 2.05) is 66.4 Å². The number of carbonyl (C=O) groups excluding carboxylic acids is 2. The Kier molecular flexibility index (Phi) is 6.34. The first-order chi connectivity index (χ1) is 12.6. The molecule has 1 aliphatic heterocycles. The predicted molar refractivity (Wildman–Crippen MR) is 105 cm³/mol. The maximum atomic E-state index is 12.7. The summed E-state index contributed by atoms with van der Waals surface area (Å²) in [5.41, 5.74) is 1.68. The summed E-state index contributed by atoms with van der Waals surface area (Å²) in [6, 6.07) is 17.3. The summed E-state index contributed by atoms with van der Waals surface area (Å²) < 4.78 is 0. The van der Waals surface area contributed by atoms with Gasteiger partial charge >= 0.3 is 0 Å². The molecule has 2 amide bonds. The van der Waals surface area contributed by atoms with E-state index in [0.29, 0.717) is 11.3 Å². The topological polar surface area (TPSA) is 49.4 Å². The quantitative estimate of drug-likeness (QED) is 0.787. The third-order valence-corrected chi connectivity index (χ3v) is 5.65.